The minimum absolute atomic E-state index is 0.308. The number of carbonyl (C=O) groups excluding carboxylic acids is 1. The Hall–Kier alpha value is -1.52. The molecule has 1 rings (SSSR count). The lowest BCUT2D eigenvalue weighted by molar-refractivity contribution is -0.138. The largest absolute Gasteiger partial charge is 0.480 e. The van der Waals surface area contributed by atoms with E-state index in [0.717, 1.165) is 12.0 Å². The van der Waals surface area contributed by atoms with Crippen molar-refractivity contribution in [3.8, 4) is 0 Å². The normalized spacial score (nSPS) is 18.0. The smallest absolute Gasteiger partial charge is 0.325 e. The molecule has 5 nitrogen and oxygen atoms in total. The second kappa shape index (κ2) is 4.82. The van der Waals surface area contributed by atoms with Crippen molar-refractivity contribution >= 4 is 12.0 Å². The summed E-state index contributed by atoms with van der Waals surface area (Å²) in [5.41, 5.74) is 1.14. The minimum atomic E-state index is -1.02. The van der Waals surface area contributed by atoms with E-state index in [-0.39, 0.29) is 6.03 Å². The summed E-state index contributed by atoms with van der Waals surface area (Å²) in [6, 6.07) is -1.15. The highest BCUT2D eigenvalue weighted by Gasteiger charge is 2.20. The second-order valence-electron chi connectivity index (χ2n) is 3.77. The zero-order chi connectivity index (χ0) is 11.4. The second-order valence-corrected chi connectivity index (χ2v) is 3.77. The van der Waals surface area contributed by atoms with Crippen molar-refractivity contribution in [2.75, 3.05) is 13.1 Å². The van der Waals surface area contributed by atoms with Crippen molar-refractivity contribution in [2.45, 2.75) is 26.3 Å². The van der Waals surface area contributed by atoms with Crippen LogP contribution < -0.4 is 5.32 Å². The van der Waals surface area contributed by atoms with Gasteiger partial charge in [0.25, 0.3) is 0 Å². The summed E-state index contributed by atoms with van der Waals surface area (Å²) >= 11 is 0. The Morgan fingerprint density at radius 3 is 2.80 bits per heavy atom. The first kappa shape index (κ1) is 11.6. The summed E-state index contributed by atoms with van der Waals surface area (Å²) in [6.45, 7) is 4.64. The third kappa shape index (κ3) is 3.27. The molecule has 0 radical (unpaired) electrons. The summed E-state index contributed by atoms with van der Waals surface area (Å²) < 4.78 is 0. The molecule has 0 aromatic carbocycles. The molecule has 2 amide bonds. The van der Waals surface area contributed by atoms with Crippen molar-refractivity contribution in [2.24, 2.45) is 0 Å². The van der Waals surface area contributed by atoms with Crippen molar-refractivity contribution < 1.29 is 14.7 Å². The van der Waals surface area contributed by atoms with E-state index in [1.165, 1.54) is 6.92 Å². The van der Waals surface area contributed by atoms with Gasteiger partial charge in [0.1, 0.15) is 6.04 Å². The molecule has 0 unspecified atom stereocenters. The molecule has 0 spiro atoms. The Morgan fingerprint density at radius 2 is 2.27 bits per heavy atom. The maximum absolute atomic E-state index is 11.6. The molecular weight excluding hydrogens is 196 g/mol. The SMILES string of the molecule is CC1=CCCN(C(=O)N[C@H](C)C(=O)O)C1. The van der Waals surface area contributed by atoms with E-state index in [4.69, 9.17) is 5.11 Å². The van der Waals surface area contributed by atoms with Gasteiger partial charge in [-0.3, -0.25) is 4.79 Å². The number of nitrogens with zero attached hydrogens (tertiary/aromatic N) is 1. The molecule has 1 aliphatic heterocycles. The van der Waals surface area contributed by atoms with Gasteiger partial charge in [0, 0.05) is 13.1 Å². The van der Waals surface area contributed by atoms with E-state index in [1.807, 2.05) is 6.92 Å². The Kier molecular flexibility index (Phi) is 3.71. The lowest BCUT2D eigenvalue weighted by Gasteiger charge is -2.27. The third-order valence-electron chi connectivity index (χ3n) is 2.33. The molecule has 15 heavy (non-hydrogen) atoms. The lowest BCUT2D eigenvalue weighted by Crippen LogP contribution is -2.48. The number of hydrogen-bond acceptors (Lipinski definition) is 2. The Balaban J connectivity index is 2.47. The molecule has 0 fully saturated rings. The van der Waals surface area contributed by atoms with E-state index in [9.17, 15) is 9.59 Å². The van der Waals surface area contributed by atoms with Gasteiger partial charge in [-0.15, -0.1) is 0 Å². The fourth-order valence-corrected chi connectivity index (χ4v) is 1.42. The highest BCUT2D eigenvalue weighted by atomic mass is 16.4. The first-order valence-electron chi connectivity index (χ1n) is 4.94. The topological polar surface area (TPSA) is 69.6 Å². The zero-order valence-corrected chi connectivity index (χ0v) is 8.99. The van der Waals surface area contributed by atoms with Crippen molar-refractivity contribution in [1.82, 2.24) is 10.2 Å². The summed E-state index contributed by atoms with van der Waals surface area (Å²) in [5.74, 6) is -1.02. The summed E-state index contributed by atoms with van der Waals surface area (Å²) in [6.07, 6.45) is 2.92. The Labute approximate surface area is 88.8 Å². The Morgan fingerprint density at radius 1 is 1.60 bits per heavy atom. The third-order valence-corrected chi connectivity index (χ3v) is 2.33. The predicted octanol–water partition coefficient (Wildman–Crippen LogP) is 0.821. The molecule has 1 aliphatic rings. The number of nitrogens with one attached hydrogen (secondary N) is 1. The van der Waals surface area contributed by atoms with E-state index in [2.05, 4.69) is 11.4 Å². The molecule has 0 saturated heterocycles. The molecule has 0 aliphatic carbocycles. The summed E-state index contributed by atoms with van der Waals surface area (Å²) in [4.78, 5) is 23.7. The quantitative estimate of drug-likeness (QED) is 0.666. The van der Waals surface area contributed by atoms with Gasteiger partial charge in [-0.05, 0) is 20.3 Å². The van der Waals surface area contributed by atoms with Gasteiger partial charge in [0.2, 0.25) is 0 Å². The van der Waals surface area contributed by atoms with Crippen LogP contribution in [0.4, 0.5) is 4.79 Å². The number of hydrogen-bond donors (Lipinski definition) is 2. The van der Waals surface area contributed by atoms with Gasteiger partial charge in [-0.2, -0.15) is 0 Å². The maximum Gasteiger partial charge on any atom is 0.325 e. The molecule has 84 valence electrons. The van der Waals surface area contributed by atoms with Crippen LogP contribution in [0.5, 0.6) is 0 Å². The van der Waals surface area contributed by atoms with Gasteiger partial charge in [-0.1, -0.05) is 11.6 Å². The number of carboxylic acid groups (broad SMARTS) is 1. The molecule has 0 aromatic heterocycles. The van der Waals surface area contributed by atoms with Gasteiger partial charge in [0.05, 0.1) is 0 Å². The van der Waals surface area contributed by atoms with Crippen molar-refractivity contribution in [3.05, 3.63) is 11.6 Å². The first-order valence-corrected chi connectivity index (χ1v) is 4.94. The molecule has 0 saturated carbocycles. The van der Waals surface area contributed by atoms with Crippen molar-refractivity contribution in [1.29, 1.82) is 0 Å². The van der Waals surface area contributed by atoms with E-state index in [1.54, 1.807) is 4.90 Å². The van der Waals surface area contributed by atoms with Gasteiger partial charge < -0.3 is 15.3 Å². The number of rotatable bonds is 2. The average molecular weight is 212 g/mol. The molecule has 5 heteroatoms. The molecular formula is C10H16N2O3. The van der Waals surface area contributed by atoms with Crippen LogP contribution in [-0.2, 0) is 4.79 Å². The van der Waals surface area contributed by atoms with E-state index < -0.39 is 12.0 Å². The van der Waals surface area contributed by atoms with Gasteiger partial charge in [0.15, 0.2) is 0 Å². The number of aliphatic carboxylic acids is 1. The molecule has 1 heterocycles. The van der Waals surface area contributed by atoms with Crippen LogP contribution in [0.15, 0.2) is 11.6 Å². The number of carbonyl (C=O) groups is 2. The minimum Gasteiger partial charge on any atom is -0.480 e. The van der Waals surface area contributed by atoms with Gasteiger partial charge in [-0.25, -0.2) is 4.79 Å². The van der Waals surface area contributed by atoms with Crippen LogP contribution >= 0.6 is 0 Å². The van der Waals surface area contributed by atoms with Crippen LogP contribution in [0, 0.1) is 0 Å². The molecule has 0 bridgehead atoms. The number of carboxylic acids is 1. The summed E-state index contributed by atoms with van der Waals surface area (Å²) in [7, 11) is 0. The standard InChI is InChI=1S/C10H16N2O3/c1-7-4-3-5-12(6-7)10(15)11-8(2)9(13)14/h4,8H,3,5-6H2,1-2H3,(H,11,15)(H,13,14)/t8-/m1/s1. The first-order chi connectivity index (χ1) is 7.00. The van der Waals surface area contributed by atoms with Crippen LogP contribution in [0.3, 0.4) is 0 Å². The van der Waals surface area contributed by atoms with Crippen LogP contribution in [0.1, 0.15) is 20.3 Å². The maximum atomic E-state index is 11.6. The van der Waals surface area contributed by atoms with E-state index in [0.29, 0.717) is 13.1 Å². The van der Waals surface area contributed by atoms with E-state index >= 15 is 0 Å². The molecule has 1 atom stereocenters. The molecule has 0 aromatic rings. The molecule has 2 N–H and O–H groups in total. The fraction of sp³-hybridized carbons (Fsp3) is 0.600. The number of amides is 2. The monoisotopic (exact) mass is 212 g/mol. The van der Waals surface area contributed by atoms with Crippen LogP contribution in [0.2, 0.25) is 0 Å². The average Bonchev–Trinajstić information content (AvgIpc) is 2.17. The fourth-order valence-electron chi connectivity index (χ4n) is 1.42. The highest BCUT2D eigenvalue weighted by molar-refractivity contribution is 5.82. The van der Waals surface area contributed by atoms with Crippen LogP contribution in [0.25, 0.3) is 0 Å². The highest BCUT2D eigenvalue weighted by Crippen LogP contribution is 2.08. The van der Waals surface area contributed by atoms with Gasteiger partial charge >= 0.3 is 12.0 Å². The Bertz CT molecular complexity index is 299. The zero-order valence-electron chi connectivity index (χ0n) is 8.99. The number of urea groups is 1. The lowest BCUT2D eigenvalue weighted by atomic mass is 10.1. The summed E-state index contributed by atoms with van der Waals surface area (Å²) in [5, 5.41) is 11.1. The van der Waals surface area contributed by atoms with Crippen LogP contribution in [-0.4, -0.2) is 41.1 Å². The van der Waals surface area contributed by atoms with Crippen molar-refractivity contribution in [3.63, 3.8) is 0 Å². The predicted molar refractivity (Wildman–Crippen MR) is 55.6 cm³/mol.